The number of ether oxygens (including phenoxy) is 3. The molecule has 144 heavy (non-hydrogen) atoms. The number of amides is 5. The van der Waals surface area contributed by atoms with Gasteiger partial charge in [0.2, 0.25) is 18.2 Å². The van der Waals surface area contributed by atoms with Crippen molar-refractivity contribution in [2.24, 2.45) is 133 Å². The lowest BCUT2D eigenvalue weighted by Gasteiger charge is -2.63. The van der Waals surface area contributed by atoms with Crippen molar-refractivity contribution in [2.45, 2.75) is 387 Å². The fourth-order valence-electron chi connectivity index (χ4n) is 32.4. The molecule has 0 saturated heterocycles. The Bertz CT molecular complexity index is 5240. The lowest BCUT2D eigenvalue weighted by molar-refractivity contribution is -0.197. The number of aliphatic hydroxyl groups is 6. The number of nitrogens with two attached hydrogens (primary N) is 2. The molecule has 0 aliphatic heterocycles. The minimum Gasteiger partial charge on any atom is -0.507 e. The van der Waals surface area contributed by atoms with Crippen molar-refractivity contribution < 1.29 is 119 Å². The third-order valence-electron chi connectivity index (χ3n) is 39.6. The number of aromatic hydroxyl groups is 6. The fraction of sp³-hybridized carbons (Fsp3) is 0.713. The molecule has 29 heteroatoms. The van der Waals surface area contributed by atoms with Gasteiger partial charge in [-0.25, -0.2) is 0 Å². The number of phenols is 6. The maximum Gasteiger partial charge on any atom is 0.306 e. The summed E-state index contributed by atoms with van der Waals surface area (Å²) in [5, 5.41) is 136. The summed E-state index contributed by atoms with van der Waals surface area (Å²) in [7, 11) is 0. The van der Waals surface area contributed by atoms with Crippen LogP contribution in [0.15, 0.2) is 72.4 Å². The van der Waals surface area contributed by atoms with Crippen LogP contribution in [-0.4, -0.2) is 169 Å². The number of hydrogen-bond acceptors (Lipinski definition) is 24. The molecule has 0 bridgehead atoms. The summed E-state index contributed by atoms with van der Waals surface area (Å²) in [6, 6.07) is 7.44. The summed E-state index contributed by atoms with van der Waals surface area (Å²) in [6.07, 6.45) is 30.5. The molecule has 29 atom stereocenters. The molecule has 0 aromatic heterocycles. The number of benzene rings is 3. The number of carbonyl (C=O) groups is 9. The molecule has 3 aromatic rings. The molecule has 12 aliphatic rings. The van der Waals surface area contributed by atoms with E-state index in [2.05, 4.69) is 76.7 Å². The minimum absolute atomic E-state index is 0.00475. The van der Waals surface area contributed by atoms with Gasteiger partial charge in [-0.3, -0.25) is 43.2 Å². The fourth-order valence-corrected chi connectivity index (χ4v) is 32.4. The molecular formula is C115H169N5O24. The van der Waals surface area contributed by atoms with Crippen molar-refractivity contribution in [1.29, 1.82) is 0 Å². The summed E-state index contributed by atoms with van der Waals surface area (Å²) in [5.74, 6) is -2.44. The zero-order valence-electron chi connectivity index (χ0n) is 87.5. The van der Waals surface area contributed by atoms with Gasteiger partial charge in [0.1, 0.15) is 57.8 Å². The monoisotopic (exact) mass is 2000 g/mol. The van der Waals surface area contributed by atoms with Crippen molar-refractivity contribution in [3.8, 4) is 34.5 Å². The second-order valence-electron chi connectivity index (χ2n) is 48.9. The van der Waals surface area contributed by atoms with E-state index in [0.29, 0.717) is 78.9 Å². The van der Waals surface area contributed by atoms with Gasteiger partial charge in [0.25, 0.3) is 11.8 Å². The van der Waals surface area contributed by atoms with Crippen molar-refractivity contribution in [1.82, 2.24) is 0 Å². The highest BCUT2D eigenvalue weighted by molar-refractivity contribution is 6.03. The number of rotatable bonds is 36. The third kappa shape index (κ3) is 23.8. The zero-order valence-corrected chi connectivity index (χ0v) is 87.5. The number of allylic oxidation sites excluding steroid dienone is 3. The highest BCUT2D eigenvalue weighted by Crippen LogP contribution is 2.73. The van der Waals surface area contributed by atoms with Crippen LogP contribution in [0.25, 0.3) is 0 Å². The van der Waals surface area contributed by atoms with Crippen LogP contribution < -0.4 is 27.4 Å². The first-order chi connectivity index (χ1) is 67.6. The van der Waals surface area contributed by atoms with E-state index < -0.39 is 110 Å². The number of ketones is 1. The summed E-state index contributed by atoms with van der Waals surface area (Å²) in [6.45, 7) is 34.9. The van der Waals surface area contributed by atoms with Gasteiger partial charge in [0, 0.05) is 37.2 Å². The Morgan fingerprint density at radius 1 is 0.479 bits per heavy atom. The van der Waals surface area contributed by atoms with Gasteiger partial charge in [0.05, 0.1) is 72.4 Å². The second kappa shape index (κ2) is 45.1. The largest absolute Gasteiger partial charge is 0.507 e. The Hall–Kier alpha value is -9.13. The van der Waals surface area contributed by atoms with Crippen molar-refractivity contribution in [2.75, 3.05) is 22.6 Å². The Morgan fingerprint density at radius 3 is 1.49 bits per heavy atom. The van der Waals surface area contributed by atoms with Gasteiger partial charge in [-0.15, -0.1) is 13.2 Å². The van der Waals surface area contributed by atoms with Gasteiger partial charge in [-0.05, 0) is 386 Å². The van der Waals surface area contributed by atoms with Crippen LogP contribution >= 0.6 is 0 Å². The Morgan fingerprint density at radius 2 is 0.938 bits per heavy atom. The van der Waals surface area contributed by atoms with Crippen molar-refractivity contribution >= 4 is 70.8 Å². The third-order valence-corrected chi connectivity index (χ3v) is 39.6. The number of carbonyl (C=O) groups excluding carboxylic acids is 9. The topological polar surface area (TPSA) is 512 Å². The highest BCUT2D eigenvalue weighted by atomic mass is 16.6. The molecule has 0 heterocycles. The number of primary amides is 2. The van der Waals surface area contributed by atoms with E-state index in [1.807, 2.05) is 41.5 Å². The molecule has 798 valence electrons. The molecule has 29 nitrogen and oxygen atoms in total. The number of aliphatic hydroxyl groups excluding tert-OH is 3. The Kier molecular flexibility index (Phi) is 35.1. The van der Waals surface area contributed by atoms with Gasteiger partial charge in [0.15, 0.2) is 11.5 Å². The predicted molar refractivity (Wildman–Crippen MR) is 547 cm³/mol. The van der Waals surface area contributed by atoms with Crippen LogP contribution in [0, 0.1) is 121 Å². The molecule has 11 fully saturated rings. The van der Waals surface area contributed by atoms with E-state index >= 15 is 0 Å². The van der Waals surface area contributed by atoms with E-state index in [1.54, 1.807) is 0 Å². The quantitative estimate of drug-likeness (QED) is 0.00642. The zero-order chi connectivity index (χ0) is 105. The minimum atomic E-state index is -1.05. The molecule has 0 radical (unpaired) electrons. The van der Waals surface area contributed by atoms with Gasteiger partial charge in [-0.2, -0.15) is 0 Å². The predicted octanol–water partition coefficient (Wildman–Crippen LogP) is 18.5. The van der Waals surface area contributed by atoms with Crippen LogP contribution in [0.3, 0.4) is 0 Å². The van der Waals surface area contributed by atoms with Crippen LogP contribution in [0.4, 0.5) is 17.1 Å². The Balaban J connectivity index is 0.000000181. The number of fused-ring (bicyclic) bond motifs is 15. The van der Waals surface area contributed by atoms with Gasteiger partial charge in [-0.1, -0.05) is 83.7 Å². The Labute approximate surface area is 850 Å². The van der Waals surface area contributed by atoms with Crippen molar-refractivity contribution in [3.63, 3.8) is 0 Å². The summed E-state index contributed by atoms with van der Waals surface area (Å²) in [4.78, 5) is 110. The smallest absolute Gasteiger partial charge is 0.306 e. The number of anilines is 3. The summed E-state index contributed by atoms with van der Waals surface area (Å²) in [5.41, 5.74) is 11.2. The molecule has 15 rings (SSSR count). The lowest BCUT2D eigenvalue weighted by Crippen LogP contribution is -2.59. The average Bonchev–Trinajstić information content (AvgIpc) is 1.51. The maximum atomic E-state index is 13.3. The SMILES string of the molecule is C=C(C)CCC[C@](C)(O)C1CCC2C3C[C@H](O)[C@H]4C[C@@H](OC(=O)CCC(=O)Cc5ccc(O)c(C(N)=O)c5O)CC[C@]4(C)C3CC[C@@]21C.C=C(C)CCC[C@](C)(O)C1CCC2C3C[C@H](OC(=O)CCC(=O)Nc4ccc(O)c(C(N)=O)c4O)[C@H]4C[C@@H](O)CC[C@]4(C)C3CC[C@@]21C.CC(CCC[C@](C)(O)C1CCC2C3CC=C4C[C@@H](O)CC[C@]4(C)C3CC[C@@]21C)COC(=O)CCC(=O)Nc1ccc(O)c(NC=O)c1O. The molecule has 13 unspecified atom stereocenters. The summed E-state index contributed by atoms with van der Waals surface area (Å²) >= 11 is 0. The molecule has 19 N–H and O–H groups in total. The van der Waals surface area contributed by atoms with Crippen LogP contribution in [-0.2, 0) is 54.2 Å². The average molecular weight is 2010 g/mol. The number of Topliss-reactive ketones (excluding diaryl/α,β-unsaturated/α-hetero) is 1. The van der Waals surface area contributed by atoms with Crippen LogP contribution in [0.5, 0.6) is 34.5 Å². The number of nitrogens with one attached hydrogen (secondary N) is 3. The highest BCUT2D eigenvalue weighted by Gasteiger charge is 2.68. The number of esters is 3. The normalized spacial score (nSPS) is 34.5. The molecule has 5 amide bonds. The van der Waals surface area contributed by atoms with E-state index in [4.69, 9.17) is 25.7 Å². The van der Waals surface area contributed by atoms with Crippen LogP contribution in [0.1, 0.15) is 360 Å². The van der Waals surface area contributed by atoms with E-state index in [0.717, 1.165) is 197 Å². The molecule has 11 saturated carbocycles. The van der Waals surface area contributed by atoms with Crippen molar-refractivity contribution in [3.05, 3.63) is 89.0 Å². The number of phenolic OH excluding ortho intramolecular Hbond substituents is 2. The van der Waals surface area contributed by atoms with Gasteiger partial charge >= 0.3 is 17.9 Å². The molecule has 12 aliphatic carbocycles. The summed E-state index contributed by atoms with van der Waals surface area (Å²) < 4.78 is 17.5. The van der Waals surface area contributed by atoms with E-state index in [9.17, 15) is 104 Å². The van der Waals surface area contributed by atoms with Gasteiger partial charge < -0.3 is 103 Å². The van der Waals surface area contributed by atoms with E-state index in [1.165, 1.54) is 48.7 Å². The molecule has 0 spiro atoms. The van der Waals surface area contributed by atoms with Crippen LogP contribution in [0.2, 0.25) is 0 Å². The maximum absolute atomic E-state index is 13.3. The standard InChI is InChI=1S/C39H57NO8.2C38H56N2O8/c1-22(2)7-6-16-39(5,47)32-12-10-27-26-21-31(43)29-20-25(14-17-37(29,3)28(26)15-18-38(27,32)4)48-33(44)13-9-24(41)19-23-8-11-30(42)34(35(23)45)36(40)46;1-21(2)7-6-16-38(5,47)30-11-8-24-23-20-29(26-19-22(41)14-17-36(26,3)25(23)15-18-37(24,30)4)48-32(44)13-12-31(43)40-27-9-10-28(42)33(34(27)45)35(39)46;1-23(21-48-33(45)14-13-32(44)40-29-10-11-30(43)34(35(29)46)39-22-41)6-5-17-38(4,47)31-12-9-27-26-8-7-24-20-25(42)15-18-36(24,2)28(26)16-19-37(27,31)3/h8,11,25-29,31-32,42-43,45,47H,1,6-7,9-10,12-21H2,2-5H3,(H2,40,46);9-10,22-26,29-30,41-42,45,47H,1,6-8,11-20H2,2-5H3,(H2,39,46)(H,40,43);7,10-11,22-23,25-28,31,42-43,46-47H,5-6,8-9,12-21H2,1-4H3,(H,39,41)(H,40,44)/t25-,26?,27?,28?,29+,31-,32?,37+,38-,39-;22-,23?,24?,25?,26+,29-,30?,36+,37-,38-;23?,25-,26?,27?,28?,31?,36-,37-,38-/m000/s1. The first kappa shape index (κ1) is 112. The first-order valence-corrected chi connectivity index (χ1v) is 53.9. The molecule has 3 aromatic carbocycles. The number of hydrogen-bond donors (Lipinski definition) is 17. The second-order valence-corrected chi connectivity index (χ2v) is 48.9. The lowest BCUT2D eigenvalue weighted by atomic mass is 9.43. The van der Waals surface area contributed by atoms with E-state index in [-0.39, 0.29) is 172 Å². The first-order valence-electron chi connectivity index (χ1n) is 53.9. The molecular weight excluding hydrogens is 1840 g/mol.